The van der Waals surface area contributed by atoms with E-state index >= 15 is 0 Å². The zero-order valence-electron chi connectivity index (χ0n) is 19.7. The van der Waals surface area contributed by atoms with E-state index in [1.54, 1.807) is 0 Å². The average Bonchev–Trinajstić information content (AvgIpc) is 3.03. The van der Waals surface area contributed by atoms with Crippen molar-refractivity contribution in [2.24, 2.45) is 0 Å². The Balaban J connectivity index is 1.56. The zero-order chi connectivity index (χ0) is 23.2. The lowest BCUT2D eigenvalue weighted by atomic mass is 10.1. The lowest BCUT2D eigenvalue weighted by Crippen LogP contribution is -2.42. The molecule has 1 fully saturated rings. The topological polar surface area (TPSA) is 20.2 Å². The first-order chi connectivity index (χ1) is 16.0. The van der Waals surface area contributed by atoms with Crippen molar-refractivity contribution >= 4 is 34.6 Å². The number of rotatable bonds is 6. The minimum absolute atomic E-state index is 0.455. The molecule has 5 heteroatoms. The van der Waals surface area contributed by atoms with Gasteiger partial charge in [-0.25, -0.2) is 0 Å². The van der Waals surface area contributed by atoms with Gasteiger partial charge < -0.3 is 14.8 Å². The zero-order valence-corrected chi connectivity index (χ0v) is 21.3. The molecule has 3 nitrogen and oxygen atoms in total. The highest BCUT2D eigenvalue weighted by atomic mass is 35.5. The average molecular weight is 480 g/mol. The van der Waals surface area contributed by atoms with E-state index in [1.165, 1.54) is 60.9 Å². The van der Waals surface area contributed by atoms with Crippen LogP contribution < -0.4 is 5.32 Å². The summed E-state index contributed by atoms with van der Waals surface area (Å²) in [7, 11) is 0. The molecule has 0 atom stereocenters. The number of aromatic nitrogens is 1. The van der Waals surface area contributed by atoms with Gasteiger partial charge in [0, 0.05) is 35.2 Å². The molecule has 1 N–H and O–H groups in total. The largest absolute Gasteiger partial charge is 0.345 e. The van der Waals surface area contributed by atoms with Crippen LogP contribution in [-0.2, 0) is 13.1 Å². The minimum Gasteiger partial charge on any atom is -0.345 e. The van der Waals surface area contributed by atoms with Crippen molar-refractivity contribution in [1.29, 1.82) is 0 Å². The molecule has 1 aliphatic rings. The predicted octanol–water partition coefficient (Wildman–Crippen LogP) is 7.73. The number of nitrogens with one attached hydrogen (secondary N) is 1. The standard InChI is InChI=1S/C28H34ClN3S/c1-21-14-15-23(22(2)17-21)19-31-16-8-13-27(31)20-32(26-11-5-3-4-6-12-26)28(33)30-25-10-7-9-24(29)18-25/h7-10,13-18,26H,3-6,11-12,19-20H2,1-2H3,(H,30,33). The number of nitrogens with zero attached hydrogens (tertiary/aromatic N) is 2. The molecule has 3 aromatic rings. The van der Waals surface area contributed by atoms with E-state index in [0.717, 1.165) is 23.9 Å². The van der Waals surface area contributed by atoms with E-state index in [9.17, 15) is 0 Å². The summed E-state index contributed by atoms with van der Waals surface area (Å²) in [6.45, 7) is 6.03. The molecule has 0 radical (unpaired) electrons. The fourth-order valence-corrected chi connectivity index (χ4v) is 5.35. The minimum atomic E-state index is 0.455. The van der Waals surface area contributed by atoms with Gasteiger partial charge in [-0.05, 0) is 80.4 Å². The molecular formula is C28H34ClN3S. The van der Waals surface area contributed by atoms with Crippen molar-refractivity contribution in [3.63, 3.8) is 0 Å². The highest BCUT2D eigenvalue weighted by molar-refractivity contribution is 7.80. The maximum absolute atomic E-state index is 6.21. The Hall–Kier alpha value is -2.30. The van der Waals surface area contributed by atoms with Crippen LogP contribution in [0.1, 0.15) is 60.9 Å². The molecule has 0 saturated heterocycles. The highest BCUT2D eigenvalue weighted by Crippen LogP contribution is 2.26. The van der Waals surface area contributed by atoms with Gasteiger partial charge in [-0.1, -0.05) is 67.1 Å². The van der Waals surface area contributed by atoms with E-state index in [0.29, 0.717) is 11.1 Å². The Morgan fingerprint density at radius 1 is 1.03 bits per heavy atom. The van der Waals surface area contributed by atoms with Crippen molar-refractivity contribution < 1.29 is 0 Å². The van der Waals surface area contributed by atoms with Crippen molar-refractivity contribution in [3.8, 4) is 0 Å². The predicted molar refractivity (Wildman–Crippen MR) is 144 cm³/mol. The molecule has 1 aliphatic carbocycles. The number of anilines is 1. The summed E-state index contributed by atoms with van der Waals surface area (Å²) in [5, 5.41) is 4.96. The molecule has 1 saturated carbocycles. The van der Waals surface area contributed by atoms with Crippen LogP contribution in [0.4, 0.5) is 5.69 Å². The smallest absolute Gasteiger partial charge is 0.174 e. The van der Waals surface area contributed by atoms with Gasteiger partial charge in [-0.2, -0.15) is 0 Å². The second-order valence-electron chi connectivity index (χ2n) is 9.27. The van der Waals surface area contributed by atoms with Gasteiger partial charge in [0.05, 0.1) is 6.54 Å². The fraction of sp³-hybridized carbons (Fsp3) is 0.393. The second kappa shape index (κ2) is 11.2. The van der Waals surface area contributed by atoms with Crippen LogP contribution in [0.5, 0.6) is 0 Å². The van der Waals surface area contributed by atoms with Crippen LogP contribution in [-0.4, -0.2) is 20.6 Å². The van der Waals surface area contributed by atoms with Crippen LogP contribution in [0.15, 0.2) is 60.8 Å². The van der Waals surface area contributed by atoms with Crippen LogP contribution in [0, 0.1) is 13.8 Å². The van der Waals surface area contributed by atoms with Crippen LogP contribution in [0.25, 0.3) is 0 Å². The van der Waals surface area contributed by atoms with Crippen molar-refractivity contribution in [3.05, 3.63) is 88.2 Å². The summed E-state index contributed by atoms with van der Waals surface area (Å²) in [4.78, 5) is 2.41. The van der Waals surface area contributed by atoms with Crippen molar-refractivity contribution in [1.82, 2.24) is 9.47 Å². The highest BCUT2D eigenvalue weighted by Gasteiger charge is 2.24. The van der Waals surface area contributed by atoms with E-state index in [-0.39, 0.29) is 0 Å². The fourth-order valence-electron chi connectivity index (χ4n) is 4.83. The molecule has 4 rings (SSSR count). The van der Waals surface area contributed by atoms with Crippen LogP contribution in [0.3, 0.4) is 0 Å². The first-order valence-corrected chi connectivity index (χ1v) is 12.8. The van der Waals surface area contributed by atoms with Crippen molar-refractivity contribution in [2.75, 3.05) is 5.32 Å². The SMILES string of the molecule is Cc1ccc(Cn2cccc2CN(C(=S)Nc2cccc(Cl)c2)C2CCCCCC2)c(C)c1. The van der Waals surface area contributed by atoms with Gasteiger partial charge in [0.15, 0.2) is 5.11 Å². The van der Waals surface area contributed by atoms with Gasteiger partial charge in [0.2, 0.25) is 0 Å². The summed E-state index contributed by atoms with van der Waals surface area (Å²) in [6, 6.07) is 19.4. The van der Waals surface area contributed by atoms with E-state index < -0.39 is 0 Å². The summed E-state index contributed by atoms with van der Waals surface area (Å²) in [5.74, 6) is 0. The Morgan fingerprint density at radius 3 is 2.55 bits per heavy atom. The summed E-state index contributed by atoms with van der Waals surface area (Å²) >= 11 is 12.2. The third kappa shape index (κ3) is 6.39. The van der Waals surface area contributed by atoms with Crippen LogP contribution >= 0.6 is 23.8 Å². The lowest BCUT2D eigenvalue weighted by Gasteiger charge is -2.34. The molecule has 174 valence electrons. The Bertz CT molecular complexity index is 1080. The molecule has 33 heavy (non-hydrogen) atoms. The number of hydrogen-bond acceptors (Lipinski definition) is 1. The maximum atomic E-state index is 6.21. The molecule has 1 aromatic heterocycles. The maximum Gasteiger partial charge on any atom is 0.174 e. The van der Waals surface area contributed by atoms with E-state index in [4.69, 9.17) is 23.8 Å². The van der Waals surface area contributed by atoms with Gasteiger partial charge in [-0.15, -0.1) is 0 Å². The second-order valence-corrected chi connectivity index (χ2v) is 10.1. The van der Waals surface area contributed by atoms with Gasteiger partial charge in [-0.3, -0.25) is 0 Å². The van der Waals surface area contributed by atoms with Gasteiger partial charge >= 0.3 is 0 Å². The monoisotopic (exact) mass is 479 g/mol. The molecular weight excluding hydrogens is 446 g/mol. The number of aryl methyl sites for hydroxylation is 2. The molecule has 0 spiro atoms. The quantitative estimate of drug-likeness (QED) is 0.288. The summed E-state index contributed by atoms with van der Waals surface area (Å²) < 4.78 is 2.36. The van der Waals surface area contributed by atoms with E-state index in [2.05, 4.69) is 65.2 Å². The number of thiocarbonyl (C=S) groups is 1. The molecule has 1 heterocycles. The summed E-state index contributed by atoms with van der Waals surface area (Å²) in [6.07, 6.45) is 9.75. The molecule has 0 bridgehead atoms. The normalized spacial score (nSPS) is 14.6. The van der Waals surface area contributed by atoms with Gasteiger partial charge in [0.1, 0.15) is 0 Å². The molecule has 0 aliphatic heterocycles. The Kier molecular flexibility index (Phi) is 8.11. The number of halogens is 1. The Morgan fingerprint density at radius 2 is 1.82 bits per heavy atom. The number of hydrogen-bond donors (Lipinski definition) is 1. The molecule has 2 aromatic carbocycles. The Labute approximate surface area is 208 Å². The van der Waals surface area contributed by atoms with Crippen molar-refractivity contribution in [2.45, 2.75) is 71.5 Å². The van der Waals surface area contributed by atoms with Crippen LogP contribution in [0.2, 0.25) is 5.02 Å². The molecule has 0 amide bonds. The lowest BCUT2D eigenvalue weighted by molar-refractivity contribution is 0.274. The first kappa shape index (κ1) is 23.8. The summed E-state index contributed by atoms with van der Waals surface area (Å²) in [5.41, 5.74) is 6.24. The third-order valence-electron chi connectivity index (χ3n) is 6.70. The molecule has 0 unspecified atom stereocenters. The first-order valence-electron chi connectivity index (χ1n) is 12.0. The van der Waals surface area contributed by atoms with Gasteiger partial charge in [0.25, 0.3) is 0 Å². The number of benzene rings is 2. The third-order valence-corrected chi connectivity index (χ3v) is 7.27. The van der Waals surface area contributed by atoms with E-state index in [1.807, 2.05) is 24.3 Å².